The average Bonchev–Trinajstić information content (AvgIpc) is 2.28. The van der Waals surface area contributed by atoms with E-state index < -0.39 is 0 Å². The second kappa shape index (κ2) is 4.44. The lowest BCUT2D eigenvalue weighted by atomic mass is 9.79. The van der Waals surface area contributed by atoms with E-state index in [0.29, 0.717) is 12.8 Å². The van der Waals surface area contributed by atoms with E-state index in [1.54, 1.807) is 0 Å². The molecule has 0 bridgehead atoms. The first kappa shape index (κ1) is 12.0. The molecular formula is C15H18O2. The minimum atomic E-state index is -0.0630. The fraction of sp³-hybridized carbons (Fsp3) is 0.467. The summed E-state index contributed by atoms with van der Waals surface area (Å²) in [6, 6.07) is 4.12. The summed E-state index contributed by atoms with van der Waals surface area (Å²) in [5.74, 6) is 0.118. The van der Waals surface area contributed by atoms with Gasteiger partial charge in [-0.3, -0.25) is 9.59 Å². The summed E-state index contributed by atoms with van der Waals surface area (Å²) in [4.78, 5) is 23.2. The van der Waals surface area contributed by atoms with Gasteiger partial charge in [0.2, 0.25) is 0 Å². The maximum atomic E-state index is 11.9. The largest absolute Gasteiger partial charge is 0.299 e. The van der Waals surface area contributed by atoms with Crippen LogP contribution in [0.1, 0.15) is 47.4 Å². The number of hydrogen-bond donors (Lipinski definition) is 0. The molecule has 1 aliphatic rings. The van der Waals surface area contributed by atoms with E-state index in [4.69, 9.17) is 0 Å². The van der Waals surface area contributed by atoms with Gasteiger partial charge < -0.3 is 0 Å². The third-order valence-corrected chi connectivity index (χ3v) is 3.95. The third kappa shape index (κ3) is 2.17. The van der Waals surface area contributed by atoms with Gasteiger partial charge in [-0.15, -0.1) is 0 Å². The summed E-state index contributed by atoms with van der Waals surface area (Å²) in [5, 5.41) is 0. The zero-order chi connectivity index (χ0) is 12.6. The first-order valence-electron chi connectivity index (χ1n) is 6.12. The van der Waals surface area contributed by atoms with Crippen LogP contribution in [0.3, 0.4) is 0 Å². The summed E-state index contributed by atoms with van der Waals surface area (Å²) in [5.41, 5.74) is 4.83. The Balaban J connectivity index is 2.38. The number of rotatable bonds is 1. The molecule has 2 nitrogen and oxygen atoms in total. The van der Waals surface area contributed by atoms with E-state index in [9.17, 15) is 9.59 Å². The zero-order valence-corrected chi connectivity index (χ0v) is 10.7. The van der Waals surface area contributed by atoms with Gasteiger partial charge in [-0.1, -0.05) is 12.1 Å². The minimum Gasteiger partial charge on any atom is -0.299 e. The number of aryl methyl sites for hydroxylation is 1. The van der Waals surface area contributed by atoms with Crippen LogP contribution in [-0.4, -0.2) is 11.6 Å². The molecule has 0 N–H and O–H groups in total. The fourth-order valence-corrected chi connectivity index (χ4v) is 2.56. The highest BCUT2D eigenvalue weighted by Crippen LogP contribution is 2.32. The molecule has 0 amide bonds. The molecule has 1 unspecified atom stereocenters. The van der Waals surface area contributed by atoms with Gasteiger partial charge in [0.15, 0.2) is 0 Å². The molecule has 90 valence electrons. The monoisotopic (exact) mass is 230 g/mol. The van der Waals surface area contributed by atoms with Crippen LogP contribution in [-0.2, 0) is 9.59 Å². The van der Waals surface area contributed by atoms with Gasteiger partial charge in [-0.2, -0.15) is 0 Å². The maximum absolute atomic E-state index is 11.9. The molecule has 0 aromatic heterocycles. The van der Waals surface area contributed by atoms with Gasteiger partial charge in [0.05, 0.1) is 6.42 Å². The summed E-state index contributed by atoms with van der Waals surface area (Å²) < 4.78 is 0. The predicted octanol–water partition coefficient (Wildman–Crippen LogP) is 3.02. The highest BCUT2D eigenvalue weighted by atomic mass is 16.1. The van der Waals surface area contributed by atoms with Crippen molar-refractivity contribution in [2.75, 3.05) is 0 Å². The molecule has 17 heavy (non-hydrogen) atoms. The normalized spacial score (nSPS) is 20.8. The van der Waals surface area contributed by atoms with Gasteiger partial charge in [0.1, 0.15) is 11.6 Å². The molecule has 0 spiro atoms. The van der Waals surface area contributed by atoms with E-state index in [1.807, 2.05) is 0 Å². The van der Waals surface area contributed by atoms with Gasteiger partial charge in [-0.05, 0) is 49.4 Å². The lowest BCUT2D eigenvalue weighted by molar-refractivity contribution is -0.130. The van der Waals surface area contributed by atoms with Crippen LogP contribution in [0.25, 0.3) is 0 Å². The Kier molecular flexibility index (Phi) is 3.14. The Hall–Kier alpha value is -1.44. The fourth-order valence-electron chi connectivity index (χ4n) is 2.56. The third-order valence-electron chi connectivity index (χ3n) is 3.95. The molecule has 0 aliphatic heterocycles. The molecule has 1 fully saturated rings. The van der Waals surface area contributed by atoms with Crippen molar-refractivity contribution in [2.24, 2.45) is 0 Å². The zero-order valence-electron chi connectivity index (χ0n) is 10.7. The van der Waals surface area contributed by atoms with Crippen molar-refractivity contribution < 1.29 is 9.59 Å². The first-order valence-corrected chi connectivity index (χ1v) is 6.12. The minimum absolute atomic E-state index is 0.0630. The summed E-state index contributed by atoms with van der Waals surface area (Å²) in [6.45, 7) is 6.24. The number of ketones is 2. The van der Waals surface area contributed by atoms with Gasteiger partial charge >= 0.3 is 0 Å². The van der Waals surface area contributed by atoms with E-state index in [0.717, 1.165) is 5.56 Å². The SMILES string of the molecule is Cc1ccc(C2CCC(=O)CC2=O)c(C)c1C. The molecule has 0 saturated heterocycles. The van der Waals surface area contributed by atoms with Crippen LogP contribution in [0.15, 0.2) is 12.1 Å². The van der Waals surface area contributed by atoms with Gasteiger partial charge in [0.25, 0.3) is 0 Å². The topological polar surface area (TPSA) is 34.1 Å². The van der Waals surface area contributed by atoms with Crippen molar-refractivity contribution in [3.63, 3.8) is 0 Å². The average molecular weight is 230 g/mol. The van der Waals surface area contributed by atoms with Crippen LogP contribution >= 0.6 is 0 Å². The van der Waals surface area contributed by atoms with Crippen LogP contribution < -0.4 is 0 Å². The van der Waals surface area contributed by atoms with Crippen molar-refractivity contribution in [3.8, 4) is 0 Å². The number of Topliss-reactive ketones (excluding diaryl/α,β-unsaturated/α-hetero) is 2. The van der Waals surface area contributed by atoms with Crippen LogP contribution in [0.5, 0.6) is 0 Å². The summed E-state index contributed by atoms with van der Waals surface area (Å²) in [7, 11) is 0. The highest BCUT2D eigenvalue weighted by molar-refractivity contribution is 6.04. The second-order valence-corrected chi connectivity index (χ2v) is 4.99. The Morgan fingerprint density at radius 3 is 2.41 bits per heavy atom. The van der Waals surface area contributed by atoms with Crippen molar-refractivity contribution in [1.29, 1.82) is 0 Å². The number of hydrogen-bond acceptors (Lipinski definition) is 2. The van der Waals surface area contributed by atoms with E-state index in [-0.39, 0.29) is 23.9 Å². The Morgan fingerprint density at radius 1 is 1.06 bits per heavy atom. The lowest BCUT2D eigenvalue weighted by Gasteiger charge is -2.23. The Labute approximate surface area is 102 Å². The molecule has 0 heterocycles. The molecule has 1 saturated carbocycles. The maximum Gasteiger partial charge on any atom is 0.147 e. The van der Waals surface area contributed by atoms with E-state index >= 15 is 0 Å². The lowest BCUT2D eigenvalue weighted by Crippen LogP contribution is -2.24. The van der Waals surface area contributed by atoms with E-state index in [1.165, 1.54) is 16.7 Å². The van der Waals surface area contributed by atoms with E-state index in [2.05, 4.69) is 32.9 Å². The van der Waals surface area contributed by atoms with Crippen LogP contribution in [0.4, 0.5) is 0 Å². The van der Waals surface area contributed by atoms with Crippen LogP contribution in [0.2, 0.25) is 0 Å². The number of benzene rings is 1. The van der Waals surface area contributed by atoms with Crippen LogP contribution in [0, 0.1) is 20.8 Å². The molecular weight excluding hydrogens is 212 g/mol. The molecule has 1 aliphatic carbocycles. The summed E-state index contributed by atoms with van der Waals surface area (Å²) >= 11 is 0. The van der Waals surface area contributed by atoms with Gasteiger partial charge in [-0.25, -0.2) is 0 Å². The smallest absolute Gasteiger partial charge is 0.147 e. The molecule has 1 aromatic carbocycles. The Morgan fingerprint density at radius 2 is 1.76 bits per heavy atom. The van der Waals surface area contributed by atoms with Crippen molar-refractivity contribution in [3.05, 3.63) is 34.4 Å². The van der Waals surface area contributed by atoms with Crippen molar-refractivity contribution >= 4 is 11.6 Å². The van der Waals surface area contributed by atoms with Crippen molar-refractivity contribution in [2.45, 2.75) is 46.0 Å². The highest BCUT2D eigenvalue weighted by Gasteiger charge is 2.29. The molecule has 1 aromatic rings. The Bertz CT molecular complexity index is 486. The number of carbonyl (C=O) groups is 2. The molecule has 2 rings (SSSR count). The second-order valence-electron chi connectivity index (χ2n) is 4.99. The predicted molar refractivity (Wildman–Crippen MR) is 67.3 cm³/mol. The quantitative estimate of drug-likeness (QED) is 0.695. The molecule has 2 heteroatoms. The van der Waals surface area contributed by atoms with Gasteiger partial charge in [0, 0.05) is 12.3 Å². The number of carbonyl (C=O) groups excluding carboxylic acids is 2. The van der Waals surface area contributed by atoms with Crippen molar-refractivity contribution in [1.82, 2.24) is 0 Å². The molecule has 1 atom stereocenters. The molecule has 0 radical (unpaired) electrons. The standard InChI is InChI=1S/C15H18O2/c1-9-4-6-13(11(3)10(9)2)14-7-5-12(16)8-15(14)17/h4,6,14H,5,7-8H2,1-3H3. The summed E-state index contributed by atoms with van der Waals surface area (Å²) in [6.07, 6.45) is 1.35. The first-order chi connectivity index (χ1) is 8.00.